The number of carbonyl (C=O) groups excluding carboxylic acids is 2. The van der Waals surface area contributed by atoms with E-state index in [0.717, 1.165) is 39.3 Å². The summed E-state index contributed by atoms with van der Waals surface area (Å²) in [5, 5.41) is 2.21. The maximum absolute atomic E-state index is 11.2. The molecule has 2 heterocycles. The van der Waals surface area contributed by atoms with Crippen LogP contribution in [0, 0.1) is 6.54 Å². The summed E-state index contributed by atoms with van der Waals surface area (Å²) in [6.07, 6.45) is 0.872. The Morgan fingerprint density at radius 3 is 2.62 bits per heavy atom. The first-order valence-corrected chi connectivity index (χ1v) is 5.52. The van der Waals surface area contributed by atoms with Crippen molar-refractivity contribution >= 4 is 11.9 Å². The predicted molar refractivity (Wildman–Crippen MR) is 56.4 cm³/mol. The molecule has 1 radical (unpaired) electrons. The lowest BCUT2D eigenvalue weighted by atomic mass is 10.3. The Labute approximate surface area is 94.5 Å². The van der Waals surface area contributed by atoms with Crippen LogP contribution in [0.25, 0.3) is 0 Å². The summed E-state index contributed by atoms with van der Waals surface area (Å²) in [4.78, 5) is 25.8. The van der Waals surface area contributed by atoms with Crippen molar-refractivity contribution in [3.63, 3.8) is 0 Å². The Kier molecular flexibility index (Phi) is 3.74. The lowest BCUT2D eigenvalue weighted by molar-refractivity contribution is -0.116. The van der Waals surface area contributed by atoms with E-state index in [9.17, 15) is 9.59 Å². The first-order valence-electron chi connectivity index (χ1n) is 5.52. The molecule has 2 saturated heterocycles. The van der Waals surface area contributed by atoms with Gasteiger partial charge in [0, 0.05) is 26.2 Å². The van der Waals surface area contributed by atoms with Crippen LogP contribution in [0.2, 0.25) is 0 Å². The van der Waals surface area contributed by atoms with Gasteiger partial charge in [0.15, 0.2) is 0 Å². The molecule has 3 amide bonds. The standard InChI is InChI=1S/C10H16N3O3/c14-9-8-13(10(15)11-9)3-1-2-12-4-6-16-7-5-12/h8H,1-7H2,(H,11,14,15). The molecule has 0 aliphatic carbocycles. The second-order valence-electron chi connectivity index (χ2n) is 3.92. The maximum atomic E-state index is 11.2. The number of hydrogen-bond acceptors (Lipinski definition) is 4. The SMILES string of the molecule is O=C1[CH]N(CCCN2CCOCC2)C(=O)N1. The molecule has 2 fully saturated rings. The quantitative estimate of drug-likeness (QED) is 0.652. The van der Waals surface area contributed by atoms with Crippen LogP contribution in [0.1, 0.15) is 6.42 Å². The fourth-order valence-electron chi connectivity index (χ4n) is 1.87. The molecule has 2 aliphatic rings. The summed E-state index contributed by atoms with van der Waals surface area (Å²) in [5.41, 5.74) is 0. The van der Waals surface area contributed by atoms with Crippen LogP contribution in [0.15, 0.2) is 0 Å². The Hall–Kier alpha value is -1.14. The van der Waals surface area contributed by atoms with Gasteiger partial charge in [-0.15, -0.1) is 0 Å². The van der Waals surface area contributed by atoms with Crippen LogP contribution in [0.5, 0.6) is 0 Å². The van der Waals surface area contributed by atoms with E-state index in [2.05, 4.69) is 10.2 Å². The molecule has 2 aliphatic heterocycles. The third-order valence-electron chi connectivity index (χ3n) is 2.74. The zero-order chi connectivity index (χ0) is 11.4. The van der Waals surface area contributed by atoms with Crippen LogP contribution in [0.4, 0.5) is 4.79 Å². The minimum Gasteiger partial charge on any atom is -0.379 e. The topological polar surface area (TPSA) is 61.9 Å². The molecule has 1 N–H and O–H groups in total. The van der Waals surface area contributed by atoms with Crippen LogP contribution in [0.3, 0.4) is 0 Å². The molecule has 0 aromatic carbocycles. The number of imide groups is 1. The van der Waals surface area contributed by atoms with E-state index in [4.69, 9.17) is 4.74 Å². The minimum atomic E-state index is -0.323. The van der Waals surface area contributed by atoms with E-state index in [1.807, 2.05) is 0 Å². The highest BCUT2D eigenvalue weighted by Gasteiger charge is 2.26. The van der Waals surface area contributed by atoms with Gasteiger partial charge in [0.2, 0.25) is 0 Å². The van der Waals surface area contributed by atoms with E-state index in [1.165, 1.54) is 11.4 Å². The summed E-state index contributed by atoms with van der Waals surface area (Å²) in [7, 11) is 0. The first-order chi connectivity index (χ1) is 7.75. The van der Waals surface area contributed by atoms with Crippen LogP contribution in [-0.2, 0) is 9.53 Å². The summed E-state index contributed by atoms with van der Waals surface area (Å²) in [6.45, 7) is 6.33. The Morgan fingerprint density at radius 2 is 2.00 bits per heavy atom. The highest BCUT2D eigenvalue weighted by molar-refractivity contribution is 6.05. The number of nitrogens with one attached hydrogen (secondary N) is 1. The van der Waals surface area contributed by atoms with Gasteiger partial charge in [-0.3, -0.25) is 15.0 Å². The minimum absolute atomic E-state index is 0.313. The van der Waals surface area contributed by atoms with Gasteiger partial charge < -0.3 is 9.64 Å². The third-order valence-corrected chi connectivity index (χ3v) is 2.74. The summed E-state index contributed by atoms with van der Waals surface area (Å²) in [6, 6.07) is -0.313. The normalized spacial score (nSPS) is 22.6. The number of nitrogens with zero attached hydrogens (tertiary/aromatic N) is 2. The van der Waals surface area contributed by atoms with Crippen molar-refractivity contribution in [3.8, 4) is 0 Å². The second-order valence-corrected chi connectivity index (χ2v) is 3.92. The molecule has 0 atom stereocenters. The summed E-state index contributed by atoms with van der Waals surface area (Å²) < 4.78 is 5.24. The Bertz CT molecular complexity index is 276. The van der Waals surface area contributed by atoms with Crippen molar-refractivity contribution in [2.24, 2.45) is 0 Å². The van der Waals surface area contributed by atoms with E-state index in [1.54, 1.807) is 0 Å². The molecule has 0 aromatic rings. The van der Waals surface area contributed by atoms with Gasteiger partial charge in [-0.25, -0.2) is 4.79 Å². The molecule has 89 valence electrons. The second kappa shape index (κ2) is 5.27. The van der Waals surface area contributed by atoms with E-state index in [-0.39, 0.29) is 11.9 Å². The van der Waals surface area contributed by atoms with Gasteiger partial charge in [0.25, 0.3) is 5.91 Å². The molecule has 6 nitrogen and oxygen atoms in total. The molecule has 2 rings (SSSR count). The van der Waals surface area contributed by atoms with Crippen LogP contribution in [-0.4, -0.2) is 61.1 Å². The molecule has 0 aromatic heterocycles. The molecule has 16 heavy (non-hydrogen) atoms. The van der Waals surface area contributed by atoms with Crippen LogP contribution >= 0.6 is 0 Å². The highest BCUT2D eigenvalue weighted by Crippen LogP contribution is 2.05. The lowest BCUT2D eigenvalue weighted by Crippen LogP contribution is -2.38. The maximum Gasteiger partial charge on any atom is 0.324 e. The number of rotatable bonds is 4. The molecule has 0 unspecified atom stereocenters. The van der Waals surface area contributed by atoms with Crippen molar-refractivity contribution in [3.05, 3.63) is 6.54 Å². The highest BCUT2D eigenvalue weighted by atomic mass is 16.5. The monoisotopic (exact) mass is 226 g/mol. The average Bonchev–Trinajstić information content (AvgIpc) is 2.59. The molecule has 0 spiro atoms. The molecular formula is C10H16N3O3. The Morgan fingerprint density at radius 1 is 1.25 bits per heavy atom. The van der Waals surface area contributed by atoms with Gasteiger partial charge in [0.1, 0.15) is 6.54 Å². The number of ether oxygens (including phenoxy) is 1. The van der Waals surface area contributed by atoms with E-state index in [0.29, 0.717) is 6.54 Å². The zero-order valence-electron chi connectivity index (χ0n) is 9.15. The van der Waals surface area contributed by atoms with Gasteiger partial charge in [-0.05, 0) is 6.42 Å². The van der Waals surface area contributed by atoms with Gasteiger partial charge in [-0.1, -0.05) is 0 Å². The molecular weight excluding hydrogens is 210 g/mol. The summed E-state index contributed by atoms with van der Waals surface area (Å²) >= 11 is 0. The number of morpholine rings is 1. The van der Waals surface area contributed by atoms with E-state index >= 15 is 0 Å². The van der Waals surface area contributed by atoms with Crippen molar-refractivity contribution < 1.29 is 14.3 Å². The molecule has 6 heteroatoms. The smallest absolute Gasteiger partial charge is 0.324 e. The van der Waals surface area contributed by atoms with Crippen molar-refractivity contribution in [2.45, 2.75) is 6.42 Å². The predicted octanol–water partition coefficient (Wildman–Crippen LogP) is -0.578. The Balaban J connectivity index is 1.64. The largest absolute Gasteiger partial charge is 0.379 e. The summed E-state index contributed by atoms with van der Waals surface area (Å²) in [5.74, 6) is -0.323. The van der Waals surface area contributed by atoms with Crippen LogP contribution < -0.4 is 5.32 Å². The first kappa shape index (κ1) is 11.3. The van der Waals surface area contributed by atoms with Crippen molar-refractivity contribution in [2.75, 3.05) is 39.4 Å². The molecule has 0 bridgehead atoms. The van der Waals surface area contributed by atoms with Gasteiger partial charge in [0.05, 0.1) is 13.2 Å². The number of amides is 3. The van der Waals surface area contributed by atoms with Crippen molar-refractivity contribution in [1.82, 2.24) is 15.1 Å². The average molecular weight is 226 g/mol. The van der Waals surface area contributed by atoms with E-state index < -0.39 is 0 Å². The van der Waals surface area contributed by atoms with Crippen molar-refractivity contribution in [1.29, 1.82) is 0 Å². The third kappa shape index (κ3) is 2.93. The number of urea groups is 1. The van der Waals surface area contributed by atoms with Gasteiger partial charge >= 0.3 is 6.03 Å². The number of carbonyl (C=O) groups is 2. The fourth-order valence-corrected chi connectivity index (χ4v) is 1.87. The lowest BCUT2D eigenvalue weighted by Gasteiger charge is -2.27. The zero-order valence-corrected chi connectivity index (χ0v) is 9.15. The number of hydrogen-bond donors (Lipinski definition) is 1. The fraction of sp³-hybridized carbons (Fsp3) is 0.700. The molecule has 0 saturated carbocycles. The van der Waals surface area contributed by atoms with Gasteiger partial charge in [-0.2, -0.15) is 0 Å².